The van der Waals surface area contributed by atoms with Crippen molar-refractivity contribution in [1.29, 1.82) is 0 Å². The Bertz CT molecular complexity index is 682. The molecule has 0 aliphatic heterocycles. The molecule has 3 nitrogen and oxygen atoms in total. The van der Waals surface area contributed by atoms with Crippen LogP contribution in [0.1, 0.15) is 0 Å². The van der Waals surface area contributed by atoms with E-state index < -0.39 is 0 Å². The molecule has 0 aliphatic carbocycles. The zero-order valence-electron chi connectivity index (χ0n) is 11.1. The summed E-state index contributed by atoms with van der Waals surface area (Å²) in [5, 5.41) is 2.33. The average molecular weight is 254 g/mol. The monoisotopic (exact) mass is 254 g/mol. The Morgan fingerprint density at radius 2 is 1.37 bits per heavy atom. The van der Waals surface area contributed by atoms with Crippen molar-refractivity contribution < 1.29 is 9.47 Å². The van der Waals surface area contributed by atoms with E-state index in [1.165, 1.54) is 11.0 Å². The molecule has 0 spiro atoms. The second kappa shape index (κ2) is 4.50. The maximum Gasteiger partial charge on any atom is 0.119 e. The minimum Gasteiger partial charge on any atom is -0.497 e. The molecule has 0 unspecified atom stereocenters. The molecule has 19 heavy (non-hydrogen) atoms. The minimum atomic E-state index is 0.693. The molecule has 1 aromatic heterocycles. The standard InChI is InChI=1S/C16H16NO2/c1-4-17-15-7-5-11(18-2)9-13(15)14-10-12(19-3)6-8-16(14)17/h5-10H,1,4H2,2-3H3. The molecule has 0 amide bonds. The SMILES string of the molecule is [CH2]Cn1c2ccc(OC)cc2c2cc(OC)ccc21. The van der Waals surface area contributed by atoms with Gasteiger partial charge in [0.1, 0.15) is 11.5 Å². The third-order valence-electron chi connectivity index (χ3n) is 3.50. The van der Waals surface area contributed by atoms with Gasteiger partial charge in [0, 0.05) is 28.4 Å². The Kier molecular flexibility index (Phi) is 2.82. The largest absolute Gasteiger partial charge is 0.497 e. The summed E-state index contributed by atoms with van der Waals surface area (Å²) in [6, 6.07) is 12.2. The van der Waals surface area contributed by atoms with Crippen molar-refractivity contribution in [1.82, 2.24) is 4.57 Å². The first-order chi connectivity index (χ1) is 9.28. The van der Waals surface area contributed by atoms with Crippen LogP contribution in [0.4, 0.5) is 0 Å². The molecule has 2 aromatic carbocycles. The molecule has 97 valence electrons. The van der Waals surface area contributed by atoms with Gasteiger partial charge in [0.15, 0.2) is 0 Å². The summed E-state index contributed by atoms with van der Waals surface area (Å²) in [6.07, 6.45) is 0. The van der Waals surface area contributed by atoms with Crippen molar-refractivity contribution in [3.63, 3.8) is 0 Å². The topological polar surface area (TPSA) is 23.4 Å². The quantitative estimate of drug-likeness (QED) is 0.712. The van der Waals surface area contributed by atoms with Gasteiger partial charge in [0.25, 0.3) is 0 Å². The average Bonchev–Trinajstić information content (AvgIpc) is 2.79. The maximum atomic E-state index is 5.31. The van der Waals surface area contributed by atoms with Crippen molar-refractivity contribution in [3.8, 4) is 11.5 Å². The van der Waals surface area contributed by atoms with Crippen molar-refractivity contribution >= 4 is 21.8 Å². The number of hydrogen-bond donors (Lipinski definition) is 0. The van der Waals surface area contributed by atoms with Crippen LogP contribution in [-0.2, 0) is 6.54 Å². The molecule has 0 atom stereocenters. The fourth-order valence-corrected chi connectivity index (χ4v) is 2.56. The van der Waals surface area contributed by atoms with E-state index in [-0.39, 0.29) is 0 Å². The summed E-state index contributed by atoms with van der Waals surface area (Å²) in [4.78, 5) is 0. The molecule has 0 saturated heterocycles. The lowest BCUT2D eigenvalue weighted by Crippen LogP contribution is -1.93. The number of nitrogens with zero attached hydrogens (tertiary/aromatic N) is 1. The predicted octanol–water partition coefficient (Wildman–Crippen LogP) is 3.65. The molecule has 3 heteroatoms. The molecule has 0 aliphatic rings. The van der Waals surface area contributed by atoms with Crippen LogP contribution in [0.25, 0.3) is 21.8 Å². The summed E-state index contributed by atoms with van der Waals surface area (Å²) >= 11 is 0. The van der Waals surface area contributed by atoms with E-state index in [2.05, 4.69) is 35.8 Å². The van der Waals surface area contributed by atoms with Gasteiger partial charge in [-0.25, -0.2) is 0 Å². The van der Waals surface area contributed by atoms with Gasteiger partial charge in [-0.1, -0.05) is 0 Å². The Balaban J connectivity index is 2.44. The number of rotatable bonds is 3. The van der Waals surface area contributed by atoms with Crippen molar-refractivity contribution in [2.45, 2.75) is 6.54 Å². The number of aromatic nitrogens is 1. The number of benzene rings is 2. The summed E-state index contributed by atoms with van der Waals surface area (Å²) in [6.45, 7) is 4.71. The highest BCUT2D eigenvalue weighted by atomic mass is 16.5. The maximum absolute atomic E-state index is 5.31. The fourth-order valence-electron chi connectivity index (χ4n) is 2.56. The molecular formula is C16H16NO2. The number of ether oxygens (including phenoxy) is 2. The van der Waals surface area contributed by atoms with E-state index in [0.29, 0.717) is 6.54 Å². The van der Waals surface area contributed by atoms with Crippen LogP contribution in [0.3, 0.4) is 0 Å². The molecule has 0 fully saturated rings. The van der Waals surface area contributed by atoms with Gasteiger partial charge in [-0.3, -0.25) is 0 Å². The smallest absolute Gasteiger partial charge is 0.119 e. The highest BCUT2D eigenvalue weighted by molar-refractivity contribution is 6.09. The van der Waals surface area contributed by atoms with Crippen LogP contribution < -0.4 is 9.47 Å². The highest BCUT2D eigenvalue weighted by Gasteiger charge is 2.11. The van der Waals surface area contributed by atoms with Gasteiger partial charge in [-0.05, 0) is 43.3 Å². The summed E-state index contributed by atoms with van der Waals surface area (Å²) in [7, 11) is 3.37. The fraction of sp³-hybridized carbons (Fsp3) is 0.188. The van der Waals surface area contributed by atoms with Crippen LogP contribution in [-0.4, -0.2) is 18.8 Å². The third-order valence-corrected chi connectivity index (χ3v) is 3.50. The second-order valence-corrected chi connectivity index (χ2v) is 4.42. The van der Waals surface area contributed by atoms with Crippen LogP contribution in [0.15, 0.2) is 36.4 Å². The second-order valence-electron chi connectivity index (χ2n) is 4.42. The van der Waals surface area contributed by atoms with Crippen molar-refractivity contribution in [2.75, 3.05) is 14.2 Å². The minimum absolute atomic E-state index is 0.693. The predicted molar refractivity (Wildman–Crippen MR) is 77.9 cm³/mol. The number of hydrogen-bond acceptors (Lipinski definition) is 2. The van der Waals surface area contributed by atoms with Crippen LogP contribution >= 0.6 is 0 Å². The third kappa shape index (κ3) is 1.73. The van der Waals surface area contributed by atoms with Crippen LogP contribution in [0.5, 0.6) is 11.5 Å². The van der Waals surface area contributed by atoms with Crippen LogP contribution in [0.2, 0.25) is 0 Å². The molecule has 3 aromatic rings. The number of methoxy groups -OCH3 is 2. The summed E-state index contributed by atoms with van der Waals surface area (Å²) < 4.78 is 12.8. The number of fused-ring (bicyclic) bond motifs is 3. The lowest BCUT2D eigenvalue weighted by atomic mass is 10.1. The van der Waals surface area contributed by atoms with E-state index in [1.807, 2.05) is 12.1 Å². The van der Waals surface area contributed by atoms with E-state index in [4.69, 9.17) is 9.47 Å². The van der Waals surface area contributed by atoms with Gasteiger partial charge >= 0.3 is 0 Å². The highest BCUT2D eigenvalue weighted by Crippen LogP contribution is 2.33. The first kappa shape index (κ1) is 11.9. The Hall–Kier alpha value is -2.16. The van der Waals surface area contributed by atoms with E-state index in [0.717, 1.165) is 22.3 Å². The summed E-state index contributed by atoms with van der Waals surface area (Å²) in [5.41, 5.74) is 2.33. The molecule has 0 bridgehead atoms. The van der Waals surface area contributed by atoms with E-state index in [1.54, 1.807) is 14.2 Å². The van der Waals surface area contributed by atoms with E-state index >= 15 is 0 Å². The van der Waals surface area contributed by atoms with Crippen molar-refractivity contribution in [3.05, 3.63) is 43.3 Å². The Morgan fingerprint density at radius 1 is 0.895 bits per heavy atom. The molecule has 1 radical (unpaired) electrons. The van der Waals surface area contributed by atoms with E-state index in [9.17, 15) is 0 Å². The van der Waals surface area contributed by atoms with Crippen LogP contribution in [0, 0.1) is 6.92 Å². The normalized spacial score (nSPS) is 11.1. The Labute approximate surface area is 112 Å². The molecule has 1 heterocycles. The van der Waals surface area contributed by atoms with Gasteiger partial charge in [0.05, 0.1) is 14.2 Å². The lowest BCUT2D eigenvalue weighted by molar-refractivity contribution is 0.415. The molecular weight excluding hydrogens is 238 g/mol. The summed E-state index contributed by atoms with van der Waals surface area (Å²) in [5.74, 6) is 1.72. The van der Waals surface area contributed by atoms with Crippen molar-refractivity contribution in [2.24, 2.45) is 0 Å². The van der Waals surface area contributed by atoms with Gasteiger partial charge in [-0.2, -0.15) is 0 Å². The molecule has 3 rings (SSSR count). The molecule has 0 saturated carbocycles. The Morgan fingerprint density at radius 3 is 1.74 bits per heavy atom. The zero-order valence-corrected chi connectivity index (χ0v) is 11.1. The molecule has 0 N–H and O–H groups in total. The van der Waals surface area contributed by atoms with Gasteiger partial charge in [-0.15, -0.1) is 0 Å². The van der Waals surface area contributed by atoms with Gasteiger partial charge < -0.3 is 14.0 Å². The lowest BCUT2D eigenvalue weighted by Gasteiger charge is -2.03. The van der Waals surface area contributed by atoms with Gasteiger partial charge in [0.2, 0.25) is 0 Å². The first-order valence-corrected chi connectivity index (χ1v) is 6.21. The zero-order chi connectivity index (χ0) is 13.4. The first-order valence-electron chi connectivity index (χ1n) is 6.21.